The maximum absolute atomic E-state index is 13.9. The van der Waals surface area contributed by atoms with Gasteiger partial charge in [-0.3, -0.25) is 0 Å². The topological polar surface area (TPSA) is 77.8 Å². The van der Waals surface area contributed by atoms with E-state index in [0.717, 1.165) is 10.4 Å². The van der Waals surface area contributed by atoms with Crippen LogP contribution in [-0.4, -0.2) is 48.7 Å². The third kappa shape index (κ3) is 3.60. The Morgan fingerprint density at radius 3 is 2.76 bits per heavy atom. The van der Waals surface area contributed by atoms with Gasteiger partial charge >= 0.3 is 0 Å². The molecule has 0 aromatic heterocycles. The molecular formula is C14H16FNO4S. The number of halogens is 1. The molecule has 1 atom stereocenters. The fourth-order valence-electron chi connectivity index (χ4n) is 2.05. The maximum atomic E-state index is 13.9. The lowest BCUT2D eigenvalue weighted by atomic mass is 10.2. The third-order valence-electron chi connectivity index (χ3n) is 3.16. The van der Waals surface area contributed by atoms with Crippen LogP contribution in [0.1, 0.15) is 18.4 Å². The van der Waals surface area contributed by atoms with Gasteiger partial charge in [-0.1, -0.05) is 11.8 Å². The summed E-state index contributed by atoms with van der Waals surface area (Å²) in [6, 6.07) is 3.54. The Morgan fingerprint density at radius 2 is 2.19 bits per heavy atom. The molecule has 2 N–H and O–H groups in total. The summed E-state index contributed by atoms with van der Waals surface area (Å²) in [4.78, 5) is -0.151. The van der Waals surface area contributed by atoms with Gasteiger partial charge < -0.3 is 10.2 Å². The molecule has 5 nitrogen and oxygen atoms in total. The number of aliphatic hydroxyl groups excluding tert-OH is 2. The van der Waals surface area contributed by atoms with Crippen LogP contribution in [0.15, 0.2) is 23.1 Å². The molecule has 7 heteroatoms. The molecule has 0 saturated carbocycles. The lowest BCUT2D eigenvalue weighted by molar-refractivity contribution is 0.189. The molecule has 1 saturated heterocycles. The van der Waals surface area contributed by atoms with Crippen LogP contribution in [0.4, 0.5) is 4.39 Å². The van der Waals surface area contributed by atoms with Gasteiger partial charge in [-0.05, 0) is 24.6 Å². The van der Waals surface area contributed by atoms with Crippen molar-refractivity contribution in [1.82, 2.24) is 4.31 Å². The van der Waals surface area contributed by atoms with E-state index in [-0.39, 0.29) is 36.6 Å². The molecule has 1 unspecified atom stereocenters. The highest BCUT2D eigenvalue weighted by Gasteiger charge is 2.31. The number of β-amino-alcohol motifs (C(OH)–C–C–N with tert-alkyl or cyclic N) is 1. The van der Waals surface area contributed by atoms with Gasteiger partial charge in [-0.2, -0.15) is 4.31 Å². The highest BCUT2D eigenvalue weighted by Crippen LogP contribution is 2.22. The minimum atomic E-state index is -3.79. The molecular weight excluding hydrogens is 297 g/mol. The molecule has 2 rings (SSSR count). The Hall–Kier alpha value is -1.46. The van der Waals surface area contributed by atoms with Crippen molar-refractivity contribution in [1.29, 1.82) is 0 Å². The summed E-state index contributed by atoms with van der Waals surface area (Å²) in [6.45, 7) is 0.142. The van der Waals surface area contributed by atoms with Gasteiger partial charge in [0.05, 0.1) is 23.2 Å². The predicted octanol–water partition coefficient (Wildman–Crippen LogP) is 0.315. The van der Waals surface area contributed by atoms with Crippen molar-refractivity contribution in [2.75, 3.05) is 19.7 Å². The van der Waals surface area contributed by atoms with Gasteiger partial charge in [0.2, 0.25) is 10.0 Å². The molecule has 0 aliphatic carbocycles. The van der Waals surface area contributed by atoms with E-state index in [2.05, 4.69) is 11.8 Å². The SMILES string of the molecule is O=S(=O)(c1ccc(C#CCCO)c(F)c1)N1CCC(O)C1. The zero-order valence-corrected chi connectivity index (χ0v) is 12.1. The summed E-state index contributed by atoms with van der Waals surface area (Å²) in [5.41, 5.74) is 0.0869. The first-order valence-corrected chi connectivity index (χ1v) is 7.96. The van der Waals surface area contributed by atoms with Gasteiger partial charge in [0.25, 0.3) is 0 Å². The zero-order valence-electron chi connectivity index (χ0n) is 11.3. The first-order chi connectivity index (χ1) is 9.95. The van der Waals surface area contributed by atoms with Gasteiger partial charge in [0.15, 0.2) is 0 Å². The number of aliphatic hydroxyl groups is 2. The number of rotatable bonds is 3. The second-order valence-corrected chi connectivity index (χ2v) is 6.66. The van der Waals surface area contributed by atoms with E-state index < -0.39 is 21.9 Å². The van der Waals surface area contributed by atoms with E-state index in [4.69, 9.17) is 5.11 Å². The fourth-order valence-corrected chi connectivity index (χ4v) is 3.55. The maximum Gasteiger partial charge on any atom is 0.243 e. The van der Waals surface area contributed by atoms with Crippen LogP contribution in [0.5, 0.6) is 0 Å². The van der Waals surface area contributed by atoms with Crippen LogP contribution < -0.4 is 0 Å². The molecule has 0 radical (unpaired) electrons. The van der Waals surface area contributed by atoms with E-state index in [9.17, 15) is 17.9 Å². The molecule has 1 aliphatic heterocycles. The van der Waals surface area contributed by atoms with E-state index in [1.54, 1.807) is 0 Å². The predicted molar refractivity (Wildman–Crippen MR) is 74.4 cm³/mol. The largest absolute Gasteiger partial charge is 0.395 e. The zero-order chi connectivity index (χ0) is 15.5. The summed E-state index contributed by atoms with van der Waals surface area (Å²) >= 11 is 0. The normalized spacial score (nSPS) is 19.3. The van der Waals surface area contributed by atoms with Crippen LogP contribution in [0.2, 0.25) is 0 Å². The first-order valence-electron chi connectivity index (χ1n) is 6.52. The number of hydrogen-bond donors (Lipinski definition) is 2. The summed E-state index contributed by atoms with van der Waals surface area (Å²) in [6.07, 6.45) is -0.0642. The minimum Gasteiger partial charge on any atom is -0.395 e. The number of sulfonamides is 1. The molecule has 21 heavy (non-hydrogen) atoms. The van der Waals surface area contributed by atoms with Crippen molar-refractivity contribution in [3.8, 4) is 11.8 Å². The molecule has 114 valence electrons. The number of benzene rings is 1. The number of nitrogens with zero attached hydrogens (tertiary/aromatic N) is 1. The highest BCUT2D eigenvalue weighted by molar-refractivity contribution is 7.89. The summed E-state index contributed by atoms with van der Waals surface area (Å²) in [7, 11) is -3.79. The second-order valence-electron chi connectivity index (χ2n) is 4.72. The first kappa shape index (κ1) is 15.9. The van der Waals surface area contributed by atoms with Crippen LogP contribution >= 0.6 is 0 Å². The quantitative estimate of drug-likeness (QED) is 0.788. The van der Waals surface area contributed by atoms with Crippen molar-refractivity contribution in [2.45, 2.75) is 23.8 Å². The Bertz CT molecular complexity index is 678. The second kappa shape index (κ2) is 6.54. The van der Waals surface area contributed by atoms with Crippen molar-refractivity contribution in [3.63, 3.8) is 0 Å². The van der Waals surface area contributed by atoms with E-state index in [1.807, 2.05) is 0 Å². The van der Waals surface area contributed by atoms with Gasteiger partial charge in [-0.25, -0.2) is 12.8 Å². The number of hydrogen-bond acceptors (Lipinski definition) is 4. The standard InChI is InChI=1S/C14H16FNO4S/c15-14-9-13(5-4-11(14)3-1-2-8-17)21(19,20)16-7-6-12(18)10-16/h4-5,9,12,17-18H,2,6-8,10H2. The highest BCUT2D eigenvalue weighted by atomic mass is 32.2. The molecule has 1 aliphatic rings. The van der Waals surface area contributed by atoms with Crippen LogP contribution in [0.3, 0.4) is 0 Å². The Morgan fingerprint density at radius 1 is 1.43 bits per heavy atom. The van der Waals surface area contributed by atoms with Crippen LogP contribution in [-0.2, 0) is 10.0 Å². The Labute approximate surface area is 123 Å². The monoisotopic (exact) mass is 313 g/mol. The van der Waals surface area contributed by atoms with Gasteiger partial charge in [-0.15, -0.1) is 0 Å². The molecule has 0 amide bonds. The van der Waals surface area contributed by atoms with Crippen LogP contribution in [0, 0.1) is 17.7 Å². The van der Waals surface area contributed by atoms with Crippen molar-refractivity contribution < 1.29 is 23.0 Å². The smallest absolute Gasteiger partial charge is 0.243 e. The summed E-state index contributed by atoms with van der Waals surface area (Å²) in [5, 5.41) is 18.0. The molecule has 0 bridgehead atoms. The van der Waals surface area contributed by atoms with E-state index >= 15 is 0 Å². The van der Waals surface area contributed by atoms with Crippen molar-refractivity contribution >= 4 is 10.0 Å². The summed E-state index contributed by atoms with van der Waals surface area (Å²) < 4.78 is 39.6. The van der Waals surface area contributed by atoms with Gasteiger partial charge in [0, 0.05) is 19.5 Å². The van der Waals surface area contributed by atoms with Crippen LogP contribution in [0.25, 0.3) is 0 Å². The molecule has 1 fully saturated rings. The Kier molecular flexibility index (Phi) is 4.96. The Balaban J connectivity index is 2.26. The van der Waals surface area contributed by atoms with E-state index in [0.29, 0.717) is 6.42 Å². The average molecular weight is 313 g/mol. The van der Waals surface area contributed by atoms with E-state index in [1.165, 1.54) is 12.1 Å². The molecule has 0 spiro atoms. The third-order valence-corrected chi connectivity index (χ3v) is 5.03. The van der Waals surface area contributed by atoms with Crippen molar-refractivity contribution in [2.24, 2.45) is 0 Å². The lowest BCUT2D eigenvalue weighted by Crippen LogP contribution is -2.29. The van der Waals surface area contributed by atoms with Gasteiger partial charge in [0.1, 0.15) is 5.82 Å². The molecule has 1 aromatic carbocycles. The molecule has 1 heterocycles. The average Bonchev–Trinajstić information content (AvgIpc) is 2.88. The lowest BCUT2D eigenvalue weighted by Gasteiger charge is -2.15. The molecule has 1 aromatic rings. The minimum absolute atomic E-state index is 0.0298. The van der Waals surface area contributed by atoms with Crippen molar-refractivity contribution in [3.05, 3.63) is 29.6 Å². The fraction of sp³-hybridized carbons (Fsp3) is 0.429. The summed E-state index contributed by atoms with van der Waals surface area (Å²) in [5.74, 6) is 4.39.